The first-order valence-corrected chi connectivity index (χ1v) is 9.15. The van der Waals surface area contributed by atoms with Crippen molar-refractivity contribution in [2.24, 2.45) is 0 Å². The van der Waals surface area contributed by atoms with E-state index in [9.17, 15) is 19.2 Å². The first kappa shape index (κ1) is 19.5. The molecule has 2 aliphatic rings. The summed E-state index contributed by atoms with van der Waals surface area (Å²) in [7, 11) is 0. The number of hydroxylamine groups is 2. The van der Waals surface area contributed by atoms with Gasteiger partial charge in [-0.2, -0.15) is 0 Å². The van der Waals surface area contributed by atoms with Gasteiger partial charge in [0.1, 0.15) is 11.9 Å². The van der Waals surface area contributed by atoms with E-state index >= 15 is 0 Å². The third kappa shape index (κ3) is 3.25. The van der Waals surface area contributed by atoms with Crippen LogP contribution in [0.1, 0.15) is 58.8 Å². The smallest absolute Gasteiger partial charge is 0.411 e. The van der Waals surface area contributed by atoms with E-state index in [2.05, 4.69) is 9.97 Å². The van der Waals surface area contributed by atoms with Crippen LogP contribution in [0.5, 0.6) is 0 Å². The van der Waals surface area contributed by atoms with Crippen molar-refractivity contribution in [3.63, 3.8) is 0 Å². The molecule has 10 heteroatoms. The number of ether oxygens (including phenoxy) is 1. The number of carbonyl (C=O) groups excluding carboxylic acids is 4. The Morgan fingerprint density at radius 1 is 1.10 bits per heavy atom. The summed E-state index contributed by atoms with van der Waals surface area (Å²) < 4.78 is 5.38. The van der Waals surface area contributed by atoms with E-state index in [0.29, 0.717) is 16.3 Å². The highest BCUT2D eigenvalue weighted by Crippen LogP contribution is 2.35. The van der Waals surface area contributed by atoms with E-state index in [1.54, 1.807) is 32.9 Å². The van der Waals surface area contributed by atoms with Crippen LogP contribution in [0.4, 0.5) is 4.79 Å². The highest BCUT2D eigenvalue weighted by atomic mass is 16.7. The quantitative estimate of drug-likeness (QED) is 0.690. The van der Waals surface area contributed by atoms with E-state index in [1.807, 2.05) is 0 Å². The molecule has 1 atom stereocenters. The Bertz CT molecular complexity index is 1040. The molecule has 3 amide bonds. The third-order valence-corrected chi connectivity index (χ3v) is 4.54. The average Bonchev–Trinajstić information content (AvgIpc) is 3.19. The summed E-state index contributed by atoms with van der Waals surface area (Å²) >= 11 is 0. The average molecular weight is 410 g/mol. The second-order valence-electron chi connectivity index (χ2n) is 7.80. The molecule has 0 aliphatic carbocycles. The third-order valence-electron chi connectivity index (χ3n) is 4.54. The molecule has 154 valence electrons. The summed E-state index contributed by atoms with van der Waals surface area (Å²) in [6, 6.07) is 4.87. The van der Waals surface area contributed by atoms with Gasteiger partial charge in [-0.3, -0.25) is 14.5 Å². The molecule has 2 aromatic rings. The van der Waals surface area contributed by atoms with Gasteiger partial charge in [-0.25, -0.2) is 19.6 Å². The van der Waals surface area contributed by atoms with E-state index in [-0.39, 0.29) is 17.7 Å². The Kier molecular flexibility index (Phi) is 4.49. The summed E-state index contributed by atoms with van der Waals surface area (Å²) in [4.78, 5) is 65.0. The molecule has 0 saturated carbocycles. The molecule has 0 bridgehead atoms. The van der Waals surface area contributed by atoms with Gasteiger partial charge in [-0.05, 0) is 32.9 Å². The summed E-state index contributed by atoms with van der Waals surface area (Å²) in [6.07, 6.45) is 1.93. The van der Waals surface area contributed by atoms with Crippen molar-refractivity contribution < 1.29 is 28.8 Å². The summed E-state index contributed by atoms with van der Waals surface area (Å²) in [5.74, 6) is -2.51. The molecule has 30 heavy (non-hydrogen) atoms. The minimum Gasteiger partial charge on any atom is -0.444 e. The van der Waals surface area contributed by atoms with Gasteiger partial charge in [-0.15, -0.1) is 0 Å². The van der Waals surface area contributed by atoms with Crippen LogP contribution in [0.2, 0.25) is 0 Å². The van der Waals surface area contributed by atoms with Crippen LogP contribution in [0.3, 0.4) is 0 Å². The molecule has 0 radical (unpaired) electrons. The van der Waals surface area contributed by atoms with E-state index < -0.39 is 35.5 Å². The van der Waals surface area contributed by atoms with Crippen LogP contribution < -0.4 is 0 Å². The number of hydrogen-bond acceptors (Lipinski definition) is 8. The fraction of sp³-hybridized carbons (Fsp3) is 0.300. The molecule has 3 heterocycles. The molecule has 2 aliphatic heterocycles. The van der Waals surface area contributed by atoms with Gasteiger partial charge >= 0.3 is 12.1 Å². The van der Waals surface area contributed by atoms with Crippen molar-refractivity contribution in [1.82, 2.24) is 19.9 Å². The molecular weight excluding hydrogens is 392 g/mol. The highest BCUT2D eigenvalue weighted by Gasteiger charge is 2.46. The maximum absolute atomic E-state index is 13.0. The zero-order valence-electron chi connectivity index (χ0n) is 16.5. The minimum atomic E-state index is -1.26. The van der Waals surface area contributed by atoms with Crippen molar-refractivity contribution in [2.45, 2.75) is 39.0 Å². The number of nitrogens with zero attached hydrogens (tertiary/aromatic N) is 4. The van der Waals surface area contributed by atoms with E-state index in [0.717, 1.165) is 4.90 Å². The van der Waals surface area contributed by atoms with Gasteiger partial charge in [0, 0.05) is 11.8 Å². The van der Waals surface area contributed by atoms with Gasteiger partial charge in [0.05, 0.1) is 23.4 Å². The zero-order chi connectivity index (χ0) is 21.6. The fourth-order valence-corrected chi connectivity index (χ4v) is 3.28. The van der Waals surface area contributed by atoms with Crippen LogP contribution in [0.25, 0.3) is 0 Å². The lowest BCUT2D eigenvalue weighted by atomic mass is 10.1. The highest BCUT2D eigenvalue weighted by molar-refractivity contribution is 6.21. The molecule has 4 rings (SSSR count). The van der Waals surface area contributed by atoms with E-state index in [4.69, 9.17) is 9.57 Å². The van der Waals surface area contributed by atoms with Crippen LogP contribution in [0.15, 0.2) is 36.8 Å². The van der Waals surface area contributed by atoms with Gasteiger partial charge in [-0.1, -0.05) is 17.2 Å². The molecule has 1 aromatic heterocycles. The van der Waals surface area contributed by atoms with E-state index in [1.165, 1.54) is 24.7 Å². The van der Waals surface area contributed by atoms with Crippen LogP contribution >= 0.6 is 0 Å². The molecule has 0 saturated heterocycles. The minimum absolute atomic E-state index is 0.00531. The number of imide groups is 1. The van der Waals surface area contributed by atoms with Crippen molar-refractivity contribution in [1.29, 1.82) is 0 Å². The van der Waals surface area contributed by atoms with Crippen molar-refractivity contribution in [3.8, 4) is 0 Å². The monoisotopic (exact) mass is 410 g/mol. The second-order valence-corrected chi connectivity index (χ2v) is 7.80. The van der Waals surface area contributed by atoms with Crippen LogP contribution in [-0.2, 0) is 20.9 Å². The predicted octanol–water partition coefficient (Wildman–Crippen LogP) is 2.02. The lowest BCUT2D eigenvalue weighted by molar-refractivity contribution is -0.174. The molecule has 0 fully saturated rings. The Morgan fingerprint density at radius 3 is 2.33 bits per heavy atom. The predicted molar refractivity (Wildman–Crippen MR) is 99.6 cm³/mol. The second kappa shape index (κ2) is 6.90. The molecule has 0 N–H and O–H groups in total. The number of fused-ring (bicyclic) bond motifs is 2. The van der Waals surface area contributed by atoms with Crippen molar-refractivity contribution >= 4 is 23.9 Å². The summed E-state index contributed by atoms with van der Waals surface area (Å²) in [5, 5.41) is 0.405. The fourth-order valence-electron chi connectivity index (χ4n) is 3.28. The molecule has 1 unspecified atom stereocenters. The van der Waals surface area contributed by atoms with Crippen LogP contribution in [0, 0.1) is 0 Å². The maximum Gasteiger partial charge on any atom is 0.411 e. The first-order chi connectivity index (χ1) is 14.2. The Labute approximate surface area is 171 Å². The Hall–Kier alpha value is -3.82. The topological polar surface area (TPSA) is 119 Å². The lowest BCUT2D eigenvalue weighted by Crippen LogP contribution is -2.41. The van der Waals surface area contributed by atoms with Crippen molar-refractivity contribution in [2.75, 3.05) is 0 Å². The summed E-state index contributed by atoms with van der Waals surface area (Å²) in [6.45, 7) is 5.08. The number of amides is 3. The lowest BCUT2D eigenvalue weighted by Gasteiger charge is -2.28. The SMILES string of the molecule is CC(C)(C)OC(=O)N1Cc2ncncc2C1C(=O)ON1C(=O)c2ccccc2C1=O. The molecule has 1 aromatic carbocycles. The molecular formula is C20H18N4O6. The number of benzene rings is 1. The summed E-state index contributed by atoms with van der Waals surface area (Å²) in [5.41, 5.74) is 0.253. The zero-order valence-corrected chi connectivity index (χ0v) is 16.5. The van der Waals surface area contributed by atoms with Gasteiger partial charge in [0.2, 0.25) is 0 Å². The largest absolute Gasteiger partial charge is 0.444 e. The number of rotatable bonds is 2. The first-order valence-electron chi connectivity index (χ1n) is 9.15. The van der Waals surface area contributed by atoms with Crippen LogP contribution in [-0.4, -0.2) is 49.4 Å². The van der Waals surface area contributed by atoms with Crippen molar-refractivity contribution in [3.05, 3.63) is 59.2 Å². The number of aromatic nitrogens is 2. The normalized spacial score (nSPS) is 17.6. The Balaban J connectivity index is 1.62. The van der Waals surface area contributed by atoms with Gasteiger partial charge in [0.15, 0.2) is 6.04 Å². The van der Waals surface area contributed by atoms with Gasteiger partial charge in [0.25, 0.3) is 11.8 Å². The molecule has 10 nitrogen and oxygen atoms in total. The number of hydrogen-bond donors (Lipinski definition) is 0. The number of carbonyl (C=O) groups is 4. The standard InChI is InChI=1S/C20H18N4O6/c1-20(2,3)29-19(28)23-9-14-13(8-21-10-22-14)15(23)18(27)30-24-16(25)11-6-4-5-7-12(11)17(24)26/h4-8,10,15H,9H2,1-3H3. The maximum atomic E-state index is 13.0. The Morgan fingerprint density at radius 2 is 1.73 bits per heavy atom. The molecule has 0 spiro atoms. The van der Waals surface area contributed by atoms with Gasteiger partial charge < -0.3 is 9.57 Å².